The summed E-state index contributed by atoms with van der Waals surface area (Å²) >= 11 is 0. The Balaban J connectivity index is 0.00000625. The Bertz CT molecular complexity index is 521. The third-order valence-corrected chi connectivity index (χ3v) is 3.40. The molecule has 0 aliphatic carbocycles. The molecule has 1 aromatic carbocycles. The lowest BCUT2D eigenvalue weighted by atomic mass is 10.2. The van der Waals surface area contributed by atoms with Crippen LogP contribution in [0.5, 0.6) is 5.75 Å². The number of hydrogen-bond acceptors (Lipinski definition) is 4. The average Bonchev–Trinajstić information content (AvgIpc) is 2.58. The fourth-order valence-corrected chi connectivity index (χ4v) is 2.08. The molecule has 0 saturated carbocycles. The van der Waals surface area contributed by atoms with Crippen molar-refractivity contribution >= 4 is 29.9 Å². The first kappa shape index (κ1) is 24.8. The van der Waals surface area contributed by atoms with Gasteiger partial charge in [0, 0.05) is 38.9 Å². The van der Waals surface area contributed by atoms with E-state index in [9.17, 15) is 8.78 Å². The van der Waals surface area contributed by atoms with Crippen LogP contribution < -0.4 is 15.4 Å². The van der Waals surface area contributed by atoms with Gasteiger partial charge in [0.05, 0.1) is 13.2 Å². The summed E-state index contributed by atoms with van der Waals surface area (Å²) < 4.78 is 34.5. The summed E-state index contributed by atoms with van der Waals surface area (Å²) in [6.45, 7) is 3.16. The molecule has 26 heavy (non-hydrogen) atoms. The molecule has 150 valence electrons. The van der Waals surface area contributed by atoms with Gasteiger partial charge < -0.3 is 25.0 Å². The Labute approximate surface area is 171 Å². The lowest BCUT2D eigenvalue weighted by Gasteiger charge is -2.18. The maximum Gasteiger partial charge on any atom is 0.387 e. The van der Waals surface area contributed by atoms with Crippen molar-refractivity contribution in [1.82, 2.24) is 15.5 Å². The number of para-hydroxylation sites is 1. The third kappa shape index (κ3) is 10.7. The number of halogens is 3. The van der Waals surface area contributed by atoms with Crippen molar-refractivity contribution < 1.29 is 18.3 Å². The zero-order valence-corrected chi connectivity index (χ0v) is 17.8. The Morgan fingerprint density at radius 3 is 2.62 bits per heavy atom. The Kier molecular flexibility index (Phi) is 14.2. The summed E-state index contributed by atoms with van der Waals surface area (Å²) in [6.07, 6.45) is 0. The molecule has 1 rings (SSSR count). The van der Waals surface area contributed by atoms with Crippen LogP contribution in [-0.2, 0) is 11.3 Å². The van der Waals surface area contributed by atoms with E-state index in [-0.39, 0.29) is 36.3 Å². The molecule has 0 spiro atoms. The lowest BCUT2D eigenvalue weighted by molar-refractivity contribution is -0.0504. The zero-order valence-electron chi connectivity index (χ0n) is 15.5. The van der Waals surface area contributed by atoms with Crippen molar-refractivity contribution in [3.8, 4) is 5.75 Å². The first-order valence-corrected chi connectivity index (χ1v) is 8.29. The maximum atomic E-state index is 12.5. The SMILES string of the molecule is CCNC(=NCc1ccccc1OC(F)F)NCCN(C)CCOC.I. The molecule has 0 bridgehead atoms. The minimum absolute atomic E-state index is 0. The summed E-state index contributed by atoms with van der Waals surface area (Å²) in [5.41, 5.74) is 0.609. The number of ether oxygens (including phenoxy) is 2. The predicted octanol–water partition coefficient (Wildman–Crippen LogP) is 2.54. The second-order valence-corrected chi connectivity index (χ2v) is 5.40. The van der Waals surface area contributed by atoms with Crippen LogP contribution in [0.15, 0.2) is 29.3 Å². The van der Waals surface area contributed by atoms with Gasteiger partial charge in [-0.25, -0.2) is 4.99 Å². The van der Waals surface area contributed by atoms with Gasteiger partial charge in [-0.3, -0.25) is 0 Å². The van der Waals surface area contributed by atoms with Gasteiger partial charge in [-0.2, -0.15) is 8.78 Å². The molecule has 0 amide bonds. The van der Waals surface area contributed by atoms with Gasteiger partial charge >= 0.3 is 6.61 Å². The van der Waals surface area contributed by atoms with Crippen LogP contribution in [0.4, 0.5) is 8.78 Å². The summed E-state index contributed by atoms with van der Waals surface area (Å²) in [6, 6.07) is 6.67. The molecule has 0 fully saturated rings. The van der Waals surface area contributed by atoms with E-state index in [0.29, 0.717) is 31.2 Å². The number of methoxy groups -OCH3 is 1. The normalized spacial score (nSPS) is 11.4. The van der Waals surface area contributed by atoms with Crippen molar-refractivity contribution in [1.29, 1.82) is 0 Å². The van der Waals surface area contributed by atoms with Crippen LogP contribution >= 0.6 is 24.0 Å². The molecule has 0 unspecified atom stereocenters. The largest absolute Gasteiger partial charge is 0.434 e. The van der Waals surface area contributed by atoms with Gasteiger partial charge in [0.2, 0.25) is 0 Å². The van der Waals surface area contributed by atoms with Crippen molar-refractivity contribution in [2.45, 2.75) is 20.1 Å². The molecule has 0 aromatic heterocycles. The first-order valence-electron chi connectivity index (χ1n) is 8.29. The number of guanidine groups is 1. The van der Waals surface area contributed by atoms with Gasteiger partial charge in [0.1, 0.15) is 5.75 Å². The second kappa shape index (κ2) is 14.9. The number of benzene rings is 1. The number of rotatable bonds is 11. The summed E-state index contributed by atoms with van der Waals surface area (Å²) in [4.78, 5) is 6.58. The fraction of sp³-hybridized carbons (Fsp3) is 0.588. The summed E-state index contributed by atoms with van der Waals surface area (Å²) in [5, 5.41) is 6.36. The number of alkyl halides is 2. The van der Waals surface area contributed by atoms with Crippen molar-refractivity contribution in [2.75, 3.05) is 46.9 Å². The van der Waals surface area contributed by atoms with E-state index < -0.39 is 6.61 Å². The minimum atomic E-state index is -2.85. The van der Waals surface area contributed by atoms with Gasteiger partial charge in [0.15, 0.2) is 5.96 Å². The number of nitrogens with one attached hydrogen (secondary N) is 2. The van der Waals surface area contributed by atoms with Crippen LogP contribution in [0.3, 0.4) is 0 Å². The van der Waals surface area contributed by atoms with E-state index in [4.69, 9.17) is 4.74 Å². The Morgan fingerprint density at radius 1 is 1.23 bits per heavy atom. The third-order valence-electron chi connectivity index (χ3n) is 3.40. The van der Waals surface area contributed by atoms with Gasteiger partial charge in [-0.15, -0.1) is 24.0 Å². The standard InChI is InChI=1S/C17H28F2N4O2.HI/c1-4-20-17(21-9-10-23(2)11-12-24-3)22-13-14-7-5-6-8-15(14)25-16(18)19;/h5-8,16H,4,9-13H2,1-3H3,(H2,20,21,22);1H. The highest BCUT2D eigenvalue weighted by atomic mass is 127. The molecular formula is C17H29F2IN4O2. The molecule has 9 heteroatoms. The van der Waals surface area contributed by atoms with E-state index >= 15 is 0 Å². The summed E-state index contributed by atoms with van der Waals surface area (Å²) in [5.74, 6) is 0.783. The molecule has 0 aliphatic rings. The van der Waals surface area contributed by atoms with Crippen molar-refractivity contribution in [3.63, 3.8) is 0 Å². The van der Waals surface area contributed by atoms with E-state index in [1.54, 1.807) is 25.3 Å². The Morgan fingerprint density at radius 2 is 1.96 bits per heavy atom. The molecule has 1 aromatic rings. The first-order chi connectivity index (χ1) is 12.1. The van der Waals surface area contributed by atoms with Crippen LogP contribution in [0, 0.1) is 0 Å². The average molecular weight is 486 g/mol. The molecule has 2 N–H and O–H groups in total. The monoisotopic (exact) mass is 486 g/mol. The number of hydrogen-bond donors (Lipinski definition) is 2. The number of aliphatic imine (C=N–C) groups is 1. The zero-order chi connectivity index (χ0) is 18.5. The molecule has 6 nitrogen and oxygen atoms in total. The van der Waals surface area contributed by atoms with E-state index in [0.717, 1.165) is 13.1 Å². The van der Waals surface area contributed by atoms with Crippen LogP contribution in [0.25, 0.3) is 0 Å². The molecular weight excluding hydrogens is 457 g/mol. The number of likely N-dealkylation sites (N-methyl/N-ethyl adjacent to an activating group) is 1. The molecule has 0 heterocycles. The molecule has 0 aliphatic heterocycles. The topological polar surface area (TPSA) is 58.1 Å². The van der Waals surface area contributed by atoms with E-state index in [1.165, 1.54) is 6.07 Å². The highest BCUT2D eigenvalue weighted by Crippen LogP contribution is 2.20. The number of nitrogens with zero attached hydrogens (tertiary/aromatic N) is 2. The highest BCUT2D eigenvalue weighted by molar-refractivity contribution is 14.0. The van der Waals surface area contributed by atoms with Crippen LogP contribution in [0.2, 0.25) is 0 Å². The fourth-order valence-electron chi connectivity index (χ4n) is 2.08. The molecule has 0 radical (unpaired) electrons. The second-order valence-electron chi connectivity index (χ2n) is 5.40. The van der Waals surface area contributed by atoms with Crippen LogP contribution in [0.1, 0.15) is 12.5 Å². The summed E-state index contributed by atoms with van der Waals surface area (Å²) in [7, 11) is 3.69. The predicted molar refractivity (Wildman–Crippen MR) is 111 cm³/mol. The van der Waals surface area contributed by atoms with E-state index in [1.807, 2.05) is 14.0 Å². The smallest absolute Gasteiger partial charge is 0.387 e. The lowest BCUT2D eigenvalue weighted by Crippen LogP contribution is -2.41. The highest BCUT2D eigenvalue weighted by Gasteiger charge is 2.09. The molecule has 0 saturated heterocycles. The maximum absolute atomic E-state index is 12.5. The van der Waals surface area contributed by atoms with Gasteiger partial charge in [-0.1, -0.05) is 18.2 Å². The van der Waals surface area contributed by atoms with Crippen molar-refractivity contribution in [3.05, 3.63) is 29.8 Å². The van der Waals surface area contributed by atoms with Gasteiger partial charge in [-0.05, 0) is 20.0 Å². The van der Waals surface area contributed by atoms with Crippen LogP contribution in [-0.4, -0.2) is 64.4 Å². The Hall–Kier alpha value is -1.20. The van der Waals surface area contributed by atoms with E-state index in [2.05, 4.69) is 25.3 Å². The minimum Gasteiger partial charge on any atom is -0.434 e. The van der Waals surface area contributed by atoms with Gasteiger partial charge in [0.25, 0.3) is 0 Å². The molecule has 0 atom stereocenters. The quantitative estimate of drug-likeness (QED) is 0.286. The van der Waals surface area contributed by atoms with Crippen molar-refractivity contribution in [2.24, 2.45) is 4.99 Å².